The Morgan fingerprint density at radius 3 is 2.74 bits per heavy atom. The Balaban J connectivity index is 1.67. The van der Waals surface area contributed by atoms with Gasteiger partial charge in [-0.1, -0.05) is 37.1 Å². The normalized spacial score (nSPS) is 21.4. The van der Waals surface area contributed by atoms with E-state index in [1.807, 2.05) is 0 Å². The Labute approximate surface area is 138 Å². The molecule has 0 heterocycles. The number of benzene rings is 1. The van der Waals surface area contributed by atoms with Crippen LogP contribution in [0.25, 0.3) is 0 Å². The van der Waals surface area contributed by atoms with Crippen molar-refractivity contribution >= 4 is 5.91 Å². The molecule has 1 unspecified atom stereocenters. The number of hydrogen-bond donors (Lipinski definition) is 2. The number of fused-ring (bicyclic) bond motifs is 1. The zero-order chi connectivity index (χ0) is 16.1. The standard InChI is InChI=1S/C19H28N2O2/c22-13-12-21(14-19(23)20-16-8-2-3-9-16)18-11-5-7-15-6-1-4-10-17(15)18/h1,4,6,10,16,18,22H,2-3,5,7-9,11-14H2,(H,20,23). The minimum absolute atomic E-state index is 0.0926. The molecule has 3 rings (SSSR count). The number of nitrogens with zero attached hydrogens (tertiary/aromatic N) is 1. The first-order valence-electron chi connectivity index (χ1n) is 9.00. The highest BCUT2D eigenvalue weighted by atomic mass is 16.3. The molecule has 0 saturated heterocycles. The predicted octanol–water partition coefficient (Wildman–Crippen LogP) is 2.42. The van der Waals surface area contributed by atoms with E-state index in [1.165, 1.54) is 24.0 Å². The van der Waals surface area contributed by atoms with Crippen molar-refractivity contribution < 1.29 is 9.90 Å². The molecular weight excluding hydrogens is 288 g/mol. The van der Waals surface area contributed by atoms with Gasteiger partial charge in [0.1, 0.15) is 0 Å². The van der Waals surface area contributed by atoms with Gasteiger partial charge in [-0.2, -0.15) is 0 Å². The highest BCUT2D eigenvalue weighted by Gasteiger charge is 2.27. The molecule has 4 nitrogen and oxygen atoms in total. The second-order valence-electron chi connectivity index (χ2n) is 6.85. The van der Waals surface area contributed by atoms with E-state index in [0.717, 1.165) is 32.1 Å². The highest BCUT2D eigenvalue weighted by Crippen LogP contribution is 2.33. The number of carbonyl (C=O) groups excluding carboxylic acids is 1. The molecule has 1 atom stereocenters. The molecule has 1 fully saturated rings. The molecular formula is C19H28N2O2. The number of aliphatic hydroxyl groups excluding tert-OH is 1. The molecule has 0 aliphatic heterocycles. The van der Waals surface area contributed by atoms with Gasteiger partial charge in [0.05, 0.1) is 13.2 Å². The van der Waals surface area contributed by atoms with Crippen molar-refractivity contribution in [3.8, 4) is 0 Å². The number of rotatable bonds is 6. The van der Waals surface area contributed by atoms with Gasteiger partial charge in [-0.05, 0) is 43.2 Å². The van der Waals surface area contributed by atoms with E-state index in [9.17, 15) is 9.90 Å². The number of nitrogens with one attached hydrogen (secondary N) is 1. The molecule has 126 valence electrons. The van der Waals surface area contributed by atoms with Crippen molar-refractivity contribution in [2.45, 2.75) is 57.0 Å². The zero-order valence-corrected chi connectivity index (χ0v) is 13.8. The lowest BCUT2D eigenvalue weighted by Crippen LogP contribution is -2.44. The molecule has 1 aromatic carbocycles. The van der Waals surface area contributed by atoms with E-state index >= 15 is 0 Å². The summed E-state index contributed by atoms with van der Waals surface area (Å²) in [4.78, 5) is 14.6. The SMILES string of the molecule is O=C(CN(CCO)C1CCCc2ccccc21)NC1CCCC1. The first kappa shape index (κ1) is 16.5. The fraction of sp³-hybridized carbons (Fsp3) is 0.632. The molecule has 0 bridgehead atoms. The Morgan fingerprint density at radius 1 is 1.17 bits per heavy atom. The maximum atomic E-state index is 12.4. The van der Waals surface area contributed by atoms with E-state index in [2.05, 4.69) is 34.5 Å². The van der Waals surface area contributed by atoms with Crippen LogP contribution in [0.5, 0.6) is 0 Å². The fourth-order valence-corrected chi connectivity index (χ4v) is 4.11. The number of amides is 1. The lowest BCUT2D eigenvalue weighted by atomic mass is 9.87. The van der Waals surface area contributed by atoms with Crippen LogP contribution >= 0.6 is 0 Å². The largest absolute Gasteiger partial charge is 0.395 e. The van der Waals surface area contributed by atoms with Gasteiger partial charge in [0.2, 0.25) is 5.91 Å². The topological polar surface area (TPSA) is 52.6 Å². The van der Waals surface area contributed by atoms with Gasteiger partial charge in [-0.25, -0.2) is 0 Å². The van der Waals surface area contributed by atoms with Crippen LogP contribution in [0.2, 0.25) is 0 Å². The molecule has 2 N–H and O–H groups in total. The summed E-state index contributed by atoms with van der Waals surface area (Å²) in [5, 5.41) is 12.6. The molecule has 1 amide bonds. The summed E-state index contributed by atoms with van der Waals surface area (Å²) in [6, 6.07) is 9.14. The first-order valence-corrected chi connectivity index (χ1v) is 9.00. The minimum atomic E-state index is 0.0926. The lowest BCUT2D eigenvalue weighted by Gasteiger charge is -2.35. The van der Waals surface area contributed by atoms with Gasteiger partial charge in [-0.15, -0.1) is 0 Å². The number of hydrogen-bond acceptors (Lipinski definition) is 3. The first-order chi connectivity index (χ1) is 11.3. The molecule has 0 spiro atoms. The Kier molecular flexibility index (Phi) is 5.68. The van der Waals surface area contributed by atoms with Crippen molar-refractivity contribution in [2.75, 3.05) is 19.7 Å². The summed E-state index contributed by atoms with van der Waals surface area (Å²) in [5.74, 6) is 0.105. The summed E-state index contributed by atoms with van der Waals surface area (Å²) in [6.45, 7) is 1.03. The molecule has 1 aromatic rings. The average Bonchev–Trinajstić information content (AvgIpc) is 3.07. The van der Waals surface area contributed by atoms with Gasteiger partial charge in [0.25, 0.3) is 0 Å². The maximum Gasteiger partial charge on any atom is 0.234 e. The number of aliphatic hydroxyl groups is 1. The van der Waals surface area contributed by atoms with E-state index in [4.69, 9.17) is 0 Å². The van der Waals surface area contributed by atoms with Gasteiger partial charge in [0, 0.05) is 18.6 Å². The van der Waals surface area contributed by atoms with Crippen molar-refractivity contribution in [2.24, 2.45) is 0 Å². The van der Waals surface area contributed by atoms with Crippen LogP contribution < -0.4 is 5.32 Å². The molecule has 2 aliphatic carbocycles. The van der Waals surface area contributed by atoms with Crippen molar-refractivity contribution in [3.63, 3.8) is 0 Å². The Bertz CT molecular complexity index is 526. The minimum Gasteiger partial charge on any atom is -0.395 e. The average molecular weight is 316 g/mol. The molecule has 23 heavy (non-hydrogen) atoms. The summed E-state index contributed by atoms with van der Waals surface area (Å²) < 4.78 is 0. The summed E-state index contributed by atoms with van der Waals surface area (Å²) in [6.07, 6.45) is 7.99. The monoisotopic (exact) mass is 316 g/mol. The maximum absolute atomic E-state index is 12.4. The molecule has 2 aliphatic rings. The summed E-state index contributed by atoms with van der Waals surface area (Å²) in [5.41, 5.74) is 2.73. The number of aryl methyl sites for hydroxylation is 1. The van der Waals surface area contributed by atoms with Crippen LogP contribution in [0.1, 0.15) is 55.7 Å². The second kappa shape index (κ2) is 7.93. The summed E-state index contributed by atoms with van der Waals surface area (Å²) in [7, 11) is 0. The van der Waals surface area contributed by atoms with Crippen molar-refractivity contribution in [1.82, 2.24) is 10.2 Å². The predicted molar refractivity (Wildman–Crippen MR) is 91.2 cm³/mol. The third-order valence-electron chi connectivity index (χ3n) is 5.23. The van der Waals surface area contributed by atoms with Crippen LogP contribution in [0.15, 0.2) is 24.3 Å². The van der Waals surface area contributed by atoms with E-state index in [0.29, 0.717) is 19.1 Å². The zero-order valence-electron chi connectivity index (χ0n) is 13.8. The van der Waals surface area contributed by atoms with Gasteiger partial charge >= 0.3 is 0 Å². The molecule has 4 heteroatoms. The Morgan fingerprint density at radius 2 is 1.96 bits per heavy atom. The molecule has 0 radical (unpaired) electrons. The third kappa shape index (κ3) is 4.12. The second-order valence-corrected chi connectivity index (χ2v) is 6.85. The van der Waals surface area contributed by atoms with Crippen molar-refractivity contribution in [1.29, 1.82) is 0 Å². The third-order valence-corrected chi connectivity index (χ3v) is 5.23. The lowest BCUT2D eigenvalue weighted by molar-refractivity contribution is -0.123. The van der Waals surface area contributed by atoms with Crippen LogP contribution in [-0.4, -0.2) is 41.7 Å². The van der Waals surface area contributed by atoms with Crippen LogP contribution in [-0.2, 0) is 11.2 Å². The van der Waals surface area contributed by atoms with Gasteiger partial charge in [-0.3, -0.25) is 9.69 Å². The fourth-order valence-electron chi connectivity index (χ4n) is 4.11. The van der Waals surface area contributed by atoms with Crippen LogP contribution in [0.3, 0.4) is 0 Å². The van der Waals surface area contributed by atoms with Crippen LogP contribution in [0, 0.1) is 0 Å². The molecule has 0 aromatic heterocycles. The van der Waals surface area contributed by atoms with Gasteiger partial charge < -0.3 is 10.4 Å². The van der Waals surface area contributed by atoms with Gasteiger partial charge in [0.15, 0.2) is 0 Å². The number of carbonyl (C=O) groups is 1. The Hall–Kier alpha value is -1.39. The van der Waals surface area contributed by atoms with Crippen LogP contribution in [0.4, 0.5) is 0 Å². The van der Waals surface area contributed by atoms with E-state index < -0.39 is 0 Å². The quantitative estimate of drug-likeness (QED) is 0.847. The smallest absolute Gasteiger partial charge is 0.234 e. The summed E-state index contributed by atoms with van der Waals surface area (Å²) >= 11 is 0. The highest BCUT2D eigenvalue weighted by molar-refractivity contribution is 5.78. The van der Waals surface area contributed by atoms with Crippen molar-refractivity contribution in [3.05, 3.63) is 35.4 Å². The van der Waals surface area contributed by atoms with E-state index in [1.54, 1.807) is 0 Å². The molecule has 1 saturated carbocycles. The van der Waals surface area contributed by atoms with E-state index in [-0.39, 0.29) is 18.6 Å².